The number of rotatable bonds is 11. The Morgan fingerprint density at radius 3 is 2.79 bits per heavy atom. The van der Waals surface area contributed by atoms with Crippen LogP contribution in [0.1, 0.15) is 63.0 Å². The normalized spacial score (nSPS) is 18.1. The van der Waals surface area contributed by atoms with E-state index in [-0.39, 0.29) is 23.3 Å². The quantitative estimate of drug-likeness (QED) is 0.167. The van der Waals surface area contributed by atoms with E-state index in [0.29, 0.717) is 11.8 Å². The van der Waals surface area contributed by atoms with Crippen molar-refractivity contribution in [2.75, 3.05) is 11.5 Å². The summed E-state index contributed by atoms with van der Waals surface area (Å²) in [6.45, 7) is 9.20. The Bertz CT molecular complexity index is 1420. The summed E-state index contributed by atoms with van der Waals surface area (Å²) in [5.74, 6) is 1.25. The van der Waals surface area contributed by atoms with Gasteiger partial charge in [0.1, 0.15) is 4.83 Å². The Kier molecular flexibility index (Phi) is 8.62. The Morgan fingerprint density at radius 1 is 1.21 bits per heavy atom. The number of thiophene rings is 1. The van der Waals surface area contributed by atoms with Gasteiger partial charge >= 0.3 is 0 Å². The van der Waals surface area contributed by atoms with Crippen molar-refractivity contribution in [2.45, 2.75) is 88.4 Å². The lowest BCUT2D eigenvalue weighted by Crippen LogP contribution is -2.34. The highest BCUT2D eigenvalue weighted by Gasteiger charge is 2.33. The Hall–Kier alpha value is -2.14. The van der Waals surface area contributed by atoms with Crippen LogP contribution in [0.4, 0.5) is 0 Å². The van der Waals surface area contributed by atoms with E-state index < -0.39 is 0 Å². The van der Waals surface area contributed by atoms with Crippen LogP contribution in [-0.2, 0) is 29.0 Å². The number of nitrogens with one attached hydrogen (secondary N) is 1. The van der Waals surface area contributed by atoms with Gasteiger partial charge in [-0.25, -0.2) is 9.38 Å². The number of nitrogens with zero attached hydrogens (tertiary/aromatic N) is 4. The van der Waals surface area contributed by atoms with E-state index in [1.807, 2.05) is 6.07 Å². The monoisotopic (exact) mass is 569 g/mol. The van der Waals surface area contributed by atoms with Gasteiger partial charge in [-0.1, -0.05) is 67.7 Å². The molecule has 4 aromatic rings. The topological polar surface area (TPSA) is 81.4 Å². The molecule has 0 bridgehead atoms. The number of carbonyl (C=O) groups is 1. The summed E-state index contributed by atoms with van der Waals surface area (Å²) in [5, 5.41) is 15.0. The largest absolute Gasteiger partial charge is 0.369 e. The van der Waals surface area contributed by atoms with E-state index >= 15 is 0 Å². The van der Waals surface area contributed by atoms with Gasteiger partial charge in [-0.3, -0.25) is 4.79 Å². The fourth-order valence-corrected chi connectivity index (χ4v) is 7.48. The third-order valence-corrected chi connectivity index (χ3v) is 10.2. The van der Waals surface area contributed by atoms with Crippen LogP contribution in [0, 0.1) is 0 Å². The third-order valence-electron chi connectivity index (χ3n) is 7.05. The van der Waals surface area contributed by atoms with Crippen molar-refractivity contribution in [3.63, 3.8) is 0 Å². The number of carbonyl (C=O) groups excluding carboxylic acids is 1. The average Bonchev–Trinajstić information content (AvgIpc) is 3.50. The maximum absolute atomic E-state index is 12.8. The van der Waals surface area contributed by atoms with E-state index in [0.717, 1.165) is 58.9 Å². The van der Waals surface area contributed by atoms with Crippen LogP contribution in [0.3, 0.4) is 0 Å². The van der Waals surface area contributed by atoms with Gasteiger partial charge in [0, 0.05) is 23.1 Å². The molecule has 5 rings (SSSR count). The van der Waals surface area contributed by atoms with Crippen molar-refractivity contribution in [3.8, 4) is 0 Å². The second kappa shape index (κ2) is 11.9. The summed E-state index contributed by atoms with van der Waals surface area (Å²) in [4.78, 5) is 20.1. The van der Waals surface area contributed by atoms with Crippen LogP contribution in [0.15, 0.2) is 40.6 Å². The molecular weight excluding hydrogens is 535 g/mol. The molecule has 0 aliphatic carbocycles. The minimum absolute atomic E-state index is 0.00730. The second-order valence-corrected chi connectivity index (χ2v) is 13.2. The summed E-state index contributed by atoms with van der Waals surface area (Å²) < 4.78 is 8.27. The zero-order valence-electron chi connectivity index (χ0n) is 22.5. The molecule has 2 atom stereocenters. The Morgan fingerprint density at radius 2 is 2.03 bits per heavy atom. The molecule has 1 aromatic carbocycles. The minimum atomic E-state index is -0.180. The van der Waals surface area contributed by atoms with E-state index in [1.165, 1.54) is 27.8 Å². The van der Waals surface area contributed by atoms with Crippen molar-refractivity contribution in [1.82, 2.24) is 24.9 Å². The summed E-state index contributed by atoms with van der Waals surface area (Å²) in [5.41, 5.74) is 3.24. The van der Waals surface area contributed by atoms with Crippen LogP contribution < -0.4 is 5.32 Å². The zero-order valence-corrected chi connectivity index (χ0v) is 24.9. The number of aromatic nitrogens is 4. The summed E-state index contributed by atoms with van der Waals surface area (Å²) >= 11 is 4.85. The molecule has 1 amide bonds. The highest BCUT2D eigenvalue weighted by molar-refractivity contribution is 8.00. The van der Waals surface area contributed by atoms with Gasteiger partial charge in [-0.05, 0) is 50.7 Å². The first-order chi connectivity index (χ1) is 18.4. The lowest BCUT2D eigenvalue weighted by atomic mass is 9.90. The molecule has 0 saturated carbocycles. The van der Waals surface area contributed by atoms with Crippen LogP contribution in [0.2, 0.25) is 0 Å². The maximum atomic E-state index is 12.8. The third kappa shape index (κ3) is 5.88. The van der Waals surface area contributed by atoms with Crippen LogP contribution in [0.5, 0.6) is 0 Å². The summed E-state index contributed by atoms with van der Waals surface area (Å²) in [6, 6.07) is 10.5. The molecule has 1 aliphatic heterocycles. The number of aryl methyl sites for hydroxylation is 1. The van der Waals surface area contributed by atoms with Gasteiger partial charge in [0.25, 0.3) is 0 Å². The summed E-state index contributed by atoms with van der Waals surface area (Å²) in [7, 11) is 0. The second-order valence-electron chi connectivity index (χ2n) is 10.1. The van der Waals surface area contributed by atoms with Gasteiger partial charge in [0.15, 0.2) is 16.0 Å². The number of benzene rings is 1. The molecule has 0 fully saturated rings. The van der Waals surface area contributed by atoms with Gasteiger partial charge < -0.3 is 10.1 Å². The molecule has 1 N–H and O–H groups in total. The van der Waals surface area contributed by atoms with Gasteiger partial charge in [0.05, 0.1) is 23.3 Å². The molecule has 0 spiro atoms. The molecule has 3 aromatic heterocycles. The van der Waals surface area contributed by atoms with E-state index in [4.69, 9.17) is 9.72 Å². The number of fused-ring (bicyclic) bond motifs is 5. The average molecular weight is 570 g/mol. The van der Waals surface area contributed by atoms with Crippen molar-refractivity contribution in [1.29, 1.82) is 0 Å². The highest BCUT2D eigenvalue weighted by Crippen LogP contribution is 2.42. The van der Waals surface area contributed by atoms with Crippen molar-refractivity contribution >= 4 is 56.6 Å². The van der Waals surface area contributed by atoms with Crippen LogP contribution in [0.25, 0.3) is 15.9 Å². The first-order valence-corrected chi connectivity index (χ1v) is 16.1. The Balaban J connectivity index is 1.36. The minimum Gasteiger partial charge on any atom is -0.369 e. The standard InChI is InChI=1S/C28H35N5O2S3/c1-5-14-36-26-30-25-23(20-15-28(4,6-2)35-16-21(20)38-25)24-31-32-27(33(24)26)37-17-22(34)29-18(3)12-13-19-10-8-7-9-11-19/h7-11,18H,5-6,12-17H2,1-4H3,(H,29,34)/t18-,28+/m1/s1. The highest BCUT2D eigenvalue weighted by atomic mass is 32.2. The number of hydrogen-bond donors (Lipinski definition) is 1. The van der Waals surface area contributed by atoms with Gasteiger partial charge in [-0.15, -0.1) is 21.5 Å². The maximum Gasteiger partial charge on any atom is 0.230 e. The molecule has 4 heterocycles. The molecular formula is C28H35N5O2S3. The van der Waals surface area contributed by atoms with Crippen molar-refractivity contribution < 1.29 is 9.53 Å². The van der Waals surface area contributed by atoms with E-state index in [2.05, 4.69) is 71.9 Å². The molecule has 0 unspecified atom stereocenters. The Labute approximate surface area is 236 Å². The molecule has 10 heteroatoms. The van der Waals surface area contributed by atoms with Crippen molar-refractivity contribution in [2.24, 2.45) is 0 Å². The predicted molar refractivity (Wildman–Crippen MR) is 157 cm³/mol. The predicted octanol–water partition coefficient (Wildman–Crippen LogP) is 6.31. The molecule has 0 radical (unpaired) electrons. The fourth-order valence-electron chi connectivity index (χ4n) is 4.67. The van der Waals surface area contributed by atoms with E-state index in [9.17, 15) is 4.79 Å². The molecule has 202 valence electrons. The SMILES string of the molecule is CCCSc1nc2sc3c(c2c2nnc(SCC(=O)N[C@H](C)CCc4ccccc4)n12)C[C@](C)(CC)OC3. The molecule has 1 aliphatic rings. The van der Waals surface area contributed by atoms with E-state index in [1.54, 1.807) is 23.1 Å². The summed E-state index contributed by atoms with van der Waals surface area (Å²) in [6.07, 6.45) is 4.68. The number of thioether (sulfide) groups is 2. The van der Waals surface area contributed by atoms with Crippen molar-refractivity contribution in [3.05, 3.63) is 46.3 Å². The lowest BCUT2D eigenvalue weighted by Gasteiger charge is -2.33. The molecule has 38 heavy (non-hydrogen) atoms. The lowest BCUT2D eigenvalue weighted by molar-refractivity contribution is -0.119. The fraction of sp³-hybridized carbons (Fsp3) is 0.500. The number of amides is 1. The number of ether oxygens (including phenoxy) is 1. The first kappa shape index (κ1) is 27.4. The molecule has 7 nitrogen and oxygen atoms in total. The zero-order chi connectivity index (χ0) is 26.7. The molecule has 0 saturated heterocycles. The smallest absolute Gasteiger partial charge is 0.230 e. The van der Waals surface area contributed by atoms with Crippen LogP contribution >= 0.6 is 34.9 Å². The first-order valence-electron chi connectivity index (χ1n) is 13.3. The van der Waals surface area contributed by atoms with Gasteiger partial charge in [-0.2, -0.15) is 0 Å². The van der Waals surface area contributed by atoms with Crippen LogP contribution in [-0.4, -0.2) is 48.6 Å². The van der Waals surface area contributed by atoms with Gasteiger partial charge in [0.2, 0.25) is 5.91 Å². The number of hydrogen-bond acceptors (Lipinski definition) is 8.